The number of nitrogens with zero attached hydrogens (tertiary/aromatic N) is 3. The molecule has 0 N–H and O–H groups in total. The molecule has 6 nitrogen and oxygen atoms in total. The third kappa shape index (κ3) is 5.23. The number of benzene rings is 3. The fourth-order valence-corrected chi connectivity index (χ4v) is 4.17. The molecule has 0 saturated heterocycles. The van der Waals surface area contributed by atoms with Crippen LogP contribution in [-0.4, -0.2) is 32.9 Å². The van der Waals surface area contributed by atoms with E-state index in [1.54, 1.807) is 73.2 Å². The molecule has 0 fully saturated rings. The minimum atomic E-state index is -0.447. The molecular formula is C25H22FN3O3S. The van der Waals surface area contributed by atoms with Crippen LogP contribution in [0.1, 0.15) is 23.1 Å². The highest BCUT2D eigenvalue weighted by Crippen LogP contribution is 2.29. The highest BCUT2D eigenvalue weighted by atomic mass is 32.2. The zero-order chi connectivity index (χ0) is 23.2. The number of carbonyl (C=O) groups is 1. The maximum Gasteiger partial charge on any atom is 0.196 e. The lowest BCUT2D eigenvalue weighted by molar-refractivity contribution is 0.0994. The van der Waals surface area contributed by atoms with Crippen LogP contribution in [0.25, 0.3) is 5.69 Å². The van der Waals surface area contributed by atoms with Crippen LogP contribution >= 0.6 is 11.8 Å². The maximum absolute atomic E-state index is 14.7. The zero-order valence-electron chi connectivity index (χ0n) is 18.1. The Balaban J connectivity index is 1.61. The average Bonchev–Trinajstić information content (AvgIpc) is 3.25. The number of halogens is 1. The van der Waals surface area contributed by atoms with E-state index in [2.05, 4.69) is 10.2 Å². The van der Waals surface area contributed by atoms with Gasteiger partial charge in [-0.2, -0.15) is 0 Å². The molecule has 0 aliphatic heterocycles. The Morgan fingerprint density at radius 1 is 0.970 bits per heavy atom. The number of hydrogen-bond acceptors (Lipinski definition) is 6. The van der Waals surface area contributed by atoms with E-state index in [1.807, 2.05) is 18.2 Å². The summed E-state index contributed by atoms with van der Waals surface area (Å²) in [6, 6.07) is 22.5. The van der Waals surface area contributed by atoms with Crippen molar-refractivity contribution in [3.8, 4) is 17.2 Å². The third-order valence-electron chi connectivity index (χ3n) is 4.93. The van der Waals surface area contributed by atoms with E-state index >= 15 is 0 Å². The fraction of sp³-hybridized carbons (Fsp3) is 0.160. The van der Waals surface area contributed by atoms with Crippen molar-refractivity contribution in [2.45, 2.75) is 23.9 Å². The Bertz CT molecular complexity index is 1230. The molecule has 8 heteroatoms. The van der Waals surface area contributed by atoms with Crippen LogP contribution in [0, 0.1) is 5.82 Å². The molecule has 0 bridgehead atoms. The van der Waals surface area contributed by atoms with Gasteiger partial charge >= 0.3 is 0 Å². The van der Waals surface area contributed by atoms with E-state index in [0.717, 1.165) is 0 Å². The Labute approximate surface area is 195 Å². The van der Waals surface area contributed by atoms with Crippen LogP contribution in [0.4, 0.5) is 4.39 Å². The normalized spacial score (nSPS) is 11.7. The summed E-state index contributed by atoms with van der Waals surface area (Å²) >= 11 is 1.23. The first kappa shape index (κ1) is 22.5. The number of carbonyl (C=O) groups excluding carboxylic acids is 1. The SMILES string of the molecule is COc1ccc(OCc2nnc(SC(C)C(=O)c3ccccc3)n2-c2ccccc2F)cc1. The Morgan fingerprint density at radius 2 is 1.64 bits per heavy atom. The van der Waals surface area contributed by atoms with Crippen LogP contribution in [0.3, 0.4) is 0 Å². The lowest BCUT2D eigenvalue weighted by atomic mass is 10.1. The van der Waals surface area contributed by atoms with Crippen LogP contribution in [0.5, 0.6) is 11.5 Å². The molecule has 0 aliphatic carbocycles. The molecule has 1 atom stereocenters. The number of Topliss-reactive ketones (excluding diaryl/α,β-unsaturated/α-hetero) is 1. The Morgan fingerprint density at radius 3 is 2.33 bits per heavy atom. The van der Waals surface area contributed by atoms with Gasteiger partial charge in [0.1, 0.15) is 23.9 Å². The van der Waals surface area contributed by atoms with Crippen molar-refractivity contribution in [1.29, 1.82) is 0 Å². The molecule has 0 spiro atoms. The van der Waals surface area contributed by atoms with Crippen molar-refractivity contribution < 1.29 is 18.7 Å². The van der Waals surface area contributed by atoms with Gasteiger partial charge in [0, 0.05) is 5.56 Å². The number of ether oxygens (including phenoxy) is 2. The first-order valence-corrected chi connectivity index (χ1v) is 11.2. The summed E-state index contributed by atoms with van der Waals surface area (Å²) in [5.41, 5.74) is 0.898. The molecule has 0 aliphatic rings. The molecule has 33 heavy (non-hydrogen) atoms. The summed E-state index contributed by atoms with van der Waals surface area (Å²) in [4.78, 5) is 12.8. The first-order valence-electron chi connectivity index (χ1n) is 10.3. The summed E-state index contributed by atoms with van der Waals surface area (Å²) in [5, 5.41) is 8.44. The highest BCUT2D eigenvalue weighted by molar-refractivity contribution is 8.00. The Kier molecular flexibility index (Phi) is 7.04. The number of hydrogen-bond donors (Lipinski definition) is 0. The van der Waals surface area contributed by atoms with Gasteiger partial charge < -0.3 is 9.47 Å². The van der Waals surface area contributed by atoms with Gasteiger partial charge in [0.25, 0.3) is 0 Å². The van der Waals surface area contributed by atoms with Crippen molar-refractivity contribution >= 4 is 17.5 Å². The minimum absolute atomic E-state index is 0.0419. The summed E-state index contributed by atoms with van der Waals surface area (Å²) in [6.07, 6.45) is 0. The predicted octanol–water partition coefficient (Wildman–Crippen LogP) is 5.36. The van der Waals surface area contributed by atoms with E-state index in [9.17, 15) is 9.18 Å². The van der Waals surface area contributed by atoms with Gasteiger partial charge in [-0.3, -0.25) is 9.36 Å². The molecule has 0 saturated carbocycles. The lowest BCUT2D eigenvalue weighted by Crippen LogP contribution is -2.15. The Hall–Kier alpha value is -3.65. The maximum atomic E-state index is 14.7. The smallest absolute Gasteiger partial charge is 0.196 e. The number of methoxy groups -OCH3 is 1. The van der Waals surface area contributed by atoms with Crippen molar-refractivity contribution in [1.82, 2.24) is 14.8 Å². The van der Waals surface area contributed by atoms with E-state index in [0.29, 0.717) is 28.0 Å². The fourth-order valence-electron chi connectivity index (χ4n) is 3.21. The van der Waals surface area contributed by atoms with Crippen molar-refractivity contribution in [2.24, 2.45) is 0 Å². The second-order valence-electron chi connectivity index (χ2n) is 7.14. The van der Waals surface area contributed by atoms with E-state index in [-0.39, 0.29) is 18.1 Å². The van der Waals surface area contributed by atoms with Gasteiger partial charge in [0.05, 0.1) is 18.0 Å². The summed E-state index contributed by atoms with van der Waals surface area (Å²) < 4.78 is 27.3. The van der Waals surface area contributed by atoms with Crippen LogP contribution in [-0.2, 0) is 6.61 Å². The molecule has 4 aromatic rings. The van der Waals surface area contributed by atoms with Gasteiger partial charge in [-0.25, -0.2) is 4.39 Å². The standard InChI is InChI=1S/C25H22FN3O3S/c1-17(24(30)18-8-4-3-5-9-18)33-25-28-27-23(29(25)22-11-7-6-10-21(22)26)16-32-20-14-12-19(31-2)13-15-20/h3-15,17H,16H2,1-2H3. The minimum Gasteiger partial charge on any atom is -0.497 e. The summed E-state index contributed by atoms with van der Waals surface area (Å²) in [5.74, 6) is 1.28. The highest BCUT2D eigenvalue weighted by Gasteiger charge is 2.23. The average molecular weight is 464 g/mol. The number of para-hydroxylation sites is 1. The van der Waals surface area contributed by atoms with Gasteiger partial charge in [0.2, 0.25) is 0 Å². The van der Waals surface area contributed by atoms with Crippen molar-refractivity contribution in [2.75, 3.05) is 7.11 Å². The number of ketones is 1. The second-order valence-corrected chi connectivity index (χ2v) is 8.45. The number of aromatic nitrogens is 3. The molecule has 168 valence electrons. The van der Waals surface area contributed by atoms with Gasteiger partial charge in [-0.05, 0) is 43.3 Å². The zero-order valence-corrected chi connectivity index (χ0v) is 19.0. The summed E-state index contributed by atoms with van der Waals surface area (Å²) in [7, 11) is 1.59. The monoisotopic (exact) mass is 463 g/mol. The quantitative estimate of drug-likeness (QED) is 0.246. The van der Waals surface area contributed by atoms with Crippen LogP contribution in [0.15, 0.2) is 84.0 Å². The van der Waals surface area contributed by atoms with Gasteiger partial charge in [-0.15, -0.1) is 10.2 Å². The summed E-state index contributed by atoms with van der Waals surface area (Å²) in [6.45, 7) is 1.86. The first-order chi connectivity index (χ1) is 16.1. The molecule has 4 rings (SSSR count). The molecule has 1 aromatic heterocycles. The topological polar surface area (TPSA) is 66.2 Å². The molecular weight excluding hydrogens is 441 g/mol. The lowest BCUT2D eigenvalue weighted by Gasteiger charge is -2.14. The largest absolute Gasteiger partial charge is 0.497 e. The van der Waals surface area contributed by atoms with Gasteiger partial charge in [0.15, 0.2) is 16.8 Å². The van der Waals surface area contributed by atoms with E-state index < -0.39 is 11.1 Å². The van der Waals surface area contributed by atoms with Crippen molar-refractivity contribution in [3.63, 3.8) is 0 Å². The molecule has 0 radical (unpaired) electrons. The second kappa shape index (κ2) is 10.3. The molecule has 3 aromatic carbocycles. The van der Waals surface area contributed by atoms with Crippen LogP contribution < -0.4 is 9.47 Å². The van der Waals surface area contributed by atoms with Crippen molar-refractivity contribution in [3.05, 3.63) is 96.1 Å². The molecule has 0 amide bonds. The van der Waals surface area contributed by atoms with Crippen LogP contribution in [0.2, 0.25) is 0 Å². The molecule has 1 heterocycles. The van der Waals surface area contributed by atoms with Gasteiger partial charge in [-0.1, -0.05) is 54.2 Å². The number of thioether (sulfide) groups is 1. The third-order valence-corrected chi connectivity index (χ3v) is 5.97. The van der Waals surface area contributed by atoms with E-state index in [4.69, 9.17) is 9.47 Å². The number of rotatable bonds is 9. The predicted molar refractivity (Wildman–Crippen MR) is 125 cm³/mol. The molecule has 1 unspecified atom stereocenters. The van der Waals surface area contributed by atoms with E-state index in [1.165, 1.54) is 17.8 Å².